The number of anilines is 2. The fraction of sp³-hybridized carbons (Fsp3) is 0.300. The number of hydrogen-bond acceptors (Lipinski definition) is 5. The number of carbonyl (C=O) groups is 1. The fourth-order valence-electron chi connectivity index (χ4n) is 5.02. The summed E-state index contributed by atoms with van der Waals surface area (Å²) in [6, 6.07) is 24.0. The molecule has 0 bridgehead atoms. The van der Waals surface area contributed by atoms with E-state index in [1.54, 1.807) is 7.11 Å². The minimum Gasteiger partial charge on any atom is -0.496 e. The first-order valence-electron chi connectivity index (χ1n) is 12.4. The molecule has 5 rings (SSSR count). The lowest BCUT2D eigenvalue weighted by molar-refractivity contribution is -0.116. The number of hydrogen-bond donors (Lipinski definition) is 2. The van der Waals surface area contributed by atoms with Crippen molar-refractivity contribution in [3.05, 3.63) is 95.2 Å². The minimum absolute atomic E-state index is 0.0575. The van der Waals surface area contributed by atoms with E-state index in [2.05, 4.69) is 54.8 Å². The van der Waals surface area contributed by atoms with Gasteiger partial charge in [0.25, 0.3) is 0 Å². The zero-order valence-corrected chi connectivity index (χ0v) is 20.5. The largest absolute Gasteiger partial charge is 0.496 e. The van der Waals surface area contributed by atoms with Crippen LogP contribution in [0.25, 0.3) is 0 Å². The van der Waals surface area contributed by atoms with Crippen LogP contribution in [0.3, 0.4) is 0 Å². The van der Waals surface area contributed by atoms with Gasteiger partial charge in [-0.1, -0.05) is 49.4 Å². The van der Waals surface area contributed by atoms with E-state index in [0.717, 1.165) is 58.1 Å². The van der Waals surface area contributed by atoms with E-state index in [-0.39, 0.29) is 23.8 Å². The van der Waals surface area contributed by atoms with Crippen LogP contribution in [0, 0.1) is 0 Å². The minimum atomic E-state index is -0.245. The predicted molar refractivity (Wildman–Crippen MR) is 140 cm³/mol. The summed E-state index contributed by atoms with van der Waals surface area (Å²) in [5.41, 5.74) is 5.85. The van der Waals surface area contributed by atoms with Gasteiger partial charge in [-0.2, -0.15) is 0 Å². The Morgan fingerprint density at radius 1 is 0.943 bits per heavy atom. The molecule has 3 aromatic carbocycles. The summed E-state index contributed by atoms with van der Waals surface area (Å²) in [6.45, 7) is 4.18. The lowest BCUT2D eigenvalue weighted by Gasteiger charge is -2.30. The summed E-state index contributed by atoms with van der Waals surface area (Å²) in [6.07, 6.45) is 2.30. The van der Waals surface area contributed by atoms with E-state index in [1.165, 1.54) is 0 Å². The third kappa shape index (κ3) is 4.63. The second-order valence-electron chi connectivity index (χ2n) is 9.32. The van der Waals surface area contributed by atoms with Gasteiger partial charge < -0.3 is 20.1 Å². The Balaban J connectivity index is 1.54. The van der Waals surface area contributed by atoms with Gasteiger partial charge in [-0.25, -0.2) is 0 Å². The molecule has 5 nitrogen and oxygen atoms in total. The van der Waals surface area contributed by atoms with Gasteiger partial charge in [-0.3, -0.25) is 4.79 Å². The highest BCUT2D eigenvalue weighted by molar-refractivity contribution is 6.01. The zero-order chi connectivity index (χ0) is 24.4. The van der Waals surface area contributed by atoms with Crippen LogP contribution in [0.4, 0.5) is 11.4 Å². The van der Waals surface area contributed by atoms with Crippen molar-refractivity contribution in [2.24, 2.45) is 0 Å². The number of para-hydroxylation sites is 3. The Bertz CT molecular complexity index is 1250. The van der Waals surface area contributed by atoms with Crippen LogP contribution in [-0.2, 0) is 4.79 Å². The summed E-state index contributed by atoms with van der Waals surface area (Å²) in [4.78, 5) is 13.7. The first kappa shape index (κ1) is 23.0. The number of nitrogens with one attached hydrogen (secondary N) is 2. The third-order valence-corrected chi connectivity index (χ3v) is 7.01. The topological polar surface area (TPSA) is 59.6 Å². The average molecular weight is 469 g/mol. The maximum Gasteiger partial charge on any atom is 0.163 e. The molecule has 1 aliphatic heterocycles. The summed E-state index contributed by atoms with van der Waals surface area (Å²) >= 11 is 0. The molecule has 0 saturated carbocycles. The number of benzene rings is 3. The van der Waals surface area contributed by atoms with Crippen molar-refractivity contribution in [2.75, 3.05) is 17.7 Å². The molecule has 1 heterocycles. The van der Waals surface area contributed by atoms with Gasteiger partial charge >= 0.3 is 0 Å². The van der Waals surface area contributed by atoms with Crippen LogP contribution >= 0.6 is 0 Å². The van der Waals surface area contributed by atoms with E-state index in [1.807, 2.05) is 42.5 Å². The number of Topliss-reactive ketones (excluding diaryl/α,β-unsaturated/α-hetero) is 1. The maximum absolute atomic E-state index is 13.7. The molecule has 1 aliphatic carbocycles. The predicted octanol–water partition coefficient (Wildman–Crippen LogP) is 6.85. The molecule has 0 aromatic heterocycles. The van der Waals surface area contributed by atoms with Gasteiger partial charge in [0.1, 0.15) is 11.5 Å². The molecular formula is C30H32N2O3. The molecule has 2 aliphatic rings. The Kier molecular flexibility index (Phi) is 6.49. The highest BCUT2D eigenvalue weighted by Gasteiger charge is 2.36. The molecule has 3 atom stereocenters. The van der Waals surface area contributed by atoms with Gasteiger partial charge in [0.2, 0.25) is 0 Å². The highest BCUT2D eigenvalue weighted by Crippen LogP contribution is 2.45. The number of fused-ring (bicyclic) bond motifs is 1. The molecule has 3 unspecified atom stereocenters. The van der Waals surface area contributed by atoms with Crippen LogP contribution in [0.5, 0.6) is 11.5 Å². The third-order valence-electron chi connectivity index (χ3n) is 7.01. The second-order valence-corrected chi connectivity index (χ2v) is 9.32. The molecule has 0 amide bonds. The molecule has 2 N–H and O–H groups in total. The molecule has 35 heavy (non-hydrogen) atoms. The second kappa shape index (κ2) is 9.87. The van der Waals surface area contributed by atoms with E-state index >= 15 is 0 Å². The number of carbonyl (C=O) groups excluding carboxylic acids is 1. The highest BCUT2D eigenvalue weighted by atomic mass is 16.5. The molecule has 0 spiro atoms. The lowest BCUT2D eigenvalue weighted by Crippen LogP contribution is -2.27. The number of methoxy groups -OCH3 is 1. The van der Waals surface area contributed by atoms with Gasteiger partial charge in [-0.05, 0) is 61.2 Å². The lowest BCUT2D eigenvalue weighted by atomic mass is 9.78. The number of rotatable bonds is 6. The fourth-order valence-corrected chi connectivity index (χ4v) is 5.02. The SMILES string of the molecule is CCC(C)Oc1ccc(C2Nc3ccccc3NC3=C2C(=O)CC(c2ccccc2OC)C3)cc1. The Hall–Kier alpha value is -3.73. The molecular weight excluding hydrogens is 436 g/mol. The van der Waals surface area contributed by atoms with E-state index in [9.17, 15) is 4.79 Å². The first-order chi connectivity index (χ1) is 17.1. The number of ether oxygens (including phenoxy) is 2. The summed E-state index contributed by atoms with van der Waals surface area (Å²) in [5, 5.41) is 7.25. The molecule has 180 valence electrons. The van der Waals surface area contributed by atoms with Crippen molar-refractivity contribution in [3.63, 3.8) is 0 Å². The Labute approximate surface area is 207 Å². The smallest absolute Gasteiger partial charge is 0.163 e. The summed E-state index contributed by atoms with van der Waals surface area (Å²) in [5.74, 6) is 1.88. The zero-order valence-electron chi connectivity index (χ0n) is 20.5. The van der Waals surface area contributed by atoms with Crippen molar-refractivity contribution >= 4 is 17.2 Å². The van der Waals surface area contributed by atoms with Gasteiger partial charge in [0.15, 0.2) is 5.78 Å². The van der Waals surface area contributed by atoms with Crippen LogP contribution in [-0.4, -0.2) is 19.0 Å². The standard InChI is InChI=1S/C30H32N2O3/c1-4-19(2)35-22-15-13-20(14-16-22)30-29-26(31-24-10-6-7-11-25(24)32-30)17-21(18-27(29)33)23-9-5-8-12-28(23)34-3/h5-16,19,21,30-32H,4,17-18H2,1-3H3. The van der Waals surface area contributed by atoms with Crippen molar-refractivity contribution in [1.82, 2.24) is 0 Å². The number of ketones is 1. The van der Waals surface area contributed by atoms with E-state index in [4.69, 9.17) is 9.47 Å². The molecule has 3 aromatic rings. The monoisotopic (exact) mass is 468 g/mol. The van der Waals surface area contributed by atoms with Gasteiger partial charge in [0, 0.05) is 23.6 Å². The maximum atomic E-state index is 13.7. The van der Waals surface area contributed by atoms with E-state index in [0.29, 0.717) is 6.42 Å². The quantitative estimate of drug-likeness (QED) is 0.414. The van der Waals surface area contributed by atoms with Gasteiger partial charge in [-0.15, -0.1) is 0 Å². The molecule has 0 fully saturated rings. The van der Waals surface area contributed by atoms with Gasteiger partial charge in [0.05, 0.1) is 30.6 Å². The van der Waals surface area contributed by atoms with Crippen molar-refractivity contribution < 1.29 is 14.3 Å². The molecule has 0 saturated heterocycles. The van der Waals surface area contributed by atoms with Crippen LogP contribution in [0.15, 0.2) is 84.1 Å². The summed E-state index contributed by atoms with van der Waals surface area (Å²) in [7, 11) is 1.68. The molecule has 0 radical (unpaired) electrons. The molecule has 5 heteroatoms. The summed E-state index contributed by atoms with van der Waals surface area (Å²) < 4.78 is 11.6. The van der Waals surface area contributed by atoms with Crippen molar-refractivity contribution in [2.45, 2.75) is 51.2 Å². The van der Waals surface area contributed by atoms with Crippen LogP contribution in [0.1, 0.15) is 56.2 Å². The van der Waals surface area contributed by atoms with Crippen molar-refractivity contribution in [3.8, 4) is 11.5 Å². The normalized spacial score (nSPS) is 20.0. The first-order valence-corrected chi connectivity index (χ1v) is 12.4. The van der Waals surface area contributed by atoms with Crippen LogP contribution in [0.2, 0.25) is 0 Å². The average Bonchev–Trinajstić information content (AvgIpc) is 3.06. The Morgan fingerprint density at radius 2 is 1.66 bits per heavy atom. The van der Waals surface area contributed by atoms with E-state index < -0.39 is 0 Å². The number of allylic oxidation sites excluding steroid dienone is 1. The van der Waals surface area contributed by atoms with Crippen LogP contribution < -0.4 is 20.1 Å². The van der Waals surface area contributed by atoms with Crippen molar-refractivity contribution in [1.29, 1.82) is 0 Å². The Morgan fingerprint density at radius 3 is 2.40 bits per heavy atom.